The number of carbonyl (C=O) groups excluding carboxylic acids is 3. The molecule has 0 aromatic heterocycles. The molecule has 0 spiro atoms. The summed E-state index contributed by atoms with van der Waals surface area (Å²) in [6.07, 6.45) is -3.88. The summed E-state index contributed by atoms with van der Waals surface area (Å²) < 4.78 is 39.5. The Morgan fingerprint density at radius 3 is 2.43 bits per heavy atom. The molecule has 0 fully saturated rings. The molecule has 0 aliphatic carbocycles. The number of fused-ring (bicyclic) bond motifs is 1. The lowest BCUT2D eigenvalue weighted by Gasteiger charge is -2.21. The molecule has 3 rings (SSSR count). The van der Waals surface area contributed by atoms with Crippen molar-refractivity contribution < 1.29 is 42.6 Å². The highest BCUT2D eigenvalue weighted by atomic mass is 35.5. The number of likely N-dealkylation sites (N-methyl/N-ethyl adjacent to an activating group) is 1. The van der Waals surface area contributed by atoms with Crippen LogP contribution in [0.4, 0.5) is 24.5 Å². The fourth-order valence-corrected chi connectivity index (χ4v) is 4.16. The van der Waals surface area contributed by atoms with Crippen LogP contribution in [0.3, 0.4) is 0 Å². The number of hydrogen-bond donors (Lipinski definition) is 2. The summed E-state index contributed by atoms with van der Waals surface area (Å²) in [4.78, 5) is 51.6. The van der Waals surface area contributed by atoms with Gasteiger partial charge in [0.25, 0.3) is 11.8 Å². The van der Waals surface area contributed by atoms with Crippen LogP contribution in [0.25, 0.3) is 0 Å². The number of hydrogen-bond acceptors (Lipinski definition) is 6. The van der Waals surface area contributed by atoms with Gasteiger partial charge in [-0.2, -0.15) is 13.2 Å². The van der Waals surface area contributed by atoms with Crippen LogP contribution in [0.15, 0.2) is 48.2 Å². The van der Waals surface area contributed by atoms with Crippen molar-refractivity contribution >= 4 is 47.2 Å². The van der Waals surface area contributed by atoms with E-state index < -0.39 is 52.3 Å². The predicted molar refractivity (Wildman–Crippen MR) is 127 cm³/mol. The second kappa shape index (κ2) is 9.87. The molecular weight excluding hydrogens is 519 g/mol. The first-order chi connectivity index (χ1) is 17.1. The van der Waals surface area contributed by atoms with Crippen LogP contribution in [0, 0.1) is 0 Å². The molecule has 13 heteroatoms. The maximum atomic E-state index is 13.2. The van der Waals surface area contributed by atoms with E-state index in [0.717, 1.165) is 18.3 Å². The number of amides is 3. The quantitative estimate of drug-likeness (QED) is 0.240. The summed E-state index contributed by atoms with van der Waals surface area (Å²) in [6, 6.07) is 7.44. The third-order valence-electron chi connectivity index (χ3n) is 5.89. The SMILES string of the molecule is CN(/C=C(/C(=O)O)C(=O)N(C=O)Cc1cccc(C(F)(F)F)c1Cl)c1ccc2c(c1)C(C)(O)C(=O)N2C. The summed E-state index contributed by atoms with van der Waals surface area (Å²) in [5.41, 5.74) is -3.09. The molecule has 2 aromatic rings. The molecule has 1 atom stereocenters. The molecule has 196 valence electrons. The van der Waals surface area contributed by atoms with Gasteiger partial charge < -0.3 is 20.0 Å². The van der Waals surface area contributed by atoms with E-state index in [1.165, 1.54) is 55.1 Å². The van der Waals surface area contributed by atoms with Gasteiger partial charge in [0, 0.05) is 31.5 Å². The molecule has 0 radical (unpaired) electrons. The van der Waals surface area contributed by atoms with E-state index in [4.69, 9.17) is 11.6 Å². The van der Waals surface area contributed by atoms with Gasteiger partial charge in [0.15, 0.2) is 5.60 Å². The third-order valence-corrected chi connectivity index (χ3v) is 6.34. The van der Waals surface area contributed by atoms with Crippen molar-refractivity contribution in [3.8, 4) is 0 Å². The van der Waals surface area contributed by atoms with E-state index in [9.17, 15) is 42.6 Å². The standard InChI is InChI=1S/C24H21ClF3N3O6/c1-23(37)17-9-14(7-8-18(17)30(3)22(23)36)29(2)11-15(21(34)35)20(33)31(12-32)10-13-5-4-6-16(19(13)25)24(26,27)28/h4-9,11-12,37H,10H2,1-3H3,(H,34,35)/b15-11+. The molecule has 37 heavy (non-hydrogen) atoms. The normalized spacial score (nSPS) is 17.5. The second-order valence-electron chi connectivity index (χ2n) is 8.41. The molecule has 0 saturated carbocycles. The van der Waals surface area contributed by atoms with E-state index in [1.54, 1.807) is 0 Å². The molecular formula is C24H21ClF3N3O6. The topological polar surface area (TPSA) is 118 Å². The lowest BCUT2D eigenvalue weighted by Crippen LogP contribution is -2.35. The largest absolute Gasteiger partial charge is 0.477 e. The number of nitrogens with zero attached hydrogens (tertiary/aromatic N) is 3. The Morgan fingerprint density at radius 1 is 1.22 bits per heavy atom. The van der Waals surface area contributed by atoms with E-state index in [1.807, 2.05) is 0 Å². The van der Waals surface area contributed by atoms with Gasteiger partial charge in [-0.1, -0.05) is 23.7 Å². The van der Waals surface area contributed by atoms with Crippen LogP contribution in [0.1, 0.15) is 23.6 Å². The van der Waals surface area contributed by atoms with Crippen molar-refractivity contribution in [2.45, 2.75) is 25.2 Å². The molecule has 2 N–H and O–H groups in total. The minimum atomic E-state index is -4.78. The Bertz CT molecular complexity index is 1330. The second-order valence-corrected chi connectivity index (χ2v) is 8.79. The zero-order valence-corrected chi connectivity index (χ0v) is 20.5. The Hall–Kier alpha value is -3.90. The first kappa shape index (κ1) is 27.7. The van der Waals surface area contributed by atoms with Gasteiger partial charge in [-0.15, -0.1) is 0 Å². The number of aliphatic hydroxyl groups is 1. The number of aliphatic carboxylic acids is 1. The molecule has 0 saturated heterocycles. The van der Waals surface area contributed by atoms with Gasteiger partial charge in [0.05, 0.1) is 22.8 Å². The summed E-state index contributed by atoms with van der Waals surface area (Å²) in [5, 5.41) is 19.5. The van der Waals surface area contributed by atoms with Crippen LogP contribution in [0.2, 0.25) is 5.02 Å². The van der Waals surface area contributed by atoms with Gasteiger partial charge >= 0.3 is 12.1 Å². The average molecular weight is 540 g/mol. The Balaban J connectivity index is 1.93. The number of anilines is 2. The Morgan fingerprint density at radius 2 is 1.86 bits per heavy atom. The van der Waals surface area contributed by atoms with E-state index in [2.05, 4.69) is 0 Å². The maximum absolute atomic E-state index is 13.2. The lowest BCUT2D eigenvalue weighted by molar-refractivity contribution is -0.140. The number of imide groups is 1. The van der Waals surface area contributed by atoms with Crippen molar-refractivity contribution in [1.82, 2.24) is 4.90 Å². The van der Waals surface area contributed by atoms with E-state index in [0.29, 0.717) is 16.3 Å². The zero-order chi connectivity index (χ0) is 27.9. The fraction of sp³-hybridized carbons (Fsp3) is 0.250. The summed E-state index contributed by atoms with van der Waals surface area (Å²) in [5.74, 6) is -3.57. The molecule has 0 bridgehead atoms. The van der Waals surface area contributed by atoms with Crippen molar-refractivity contribution in [1.29, 1.82) is 0 Å². The van der Waals surface area contributed by atoms with Crippen LogP contribution < -0.4 is 9.80 Å². The lowest BCUT2D eigenvalue weighted by atomic mass is 9.97. The number of alkyl halides is 3. The Labute approximate surface area is 213 Å². The molecule has 3 amide bonds. The van der Waals surface area contributed by atoms with Crippen LogP contribution in [-0.4, -0.2) is 53.4 Å². The maximum Gasteiger partial charge on any atom is 0.417 e. The summed E-state index contributed by atoms with van der Waals surface area (Å²) in [6.45, 7) is 0.597. The molecule has 2 aromatic carbocycles. The number of carboxylic acid groups (broad SMARTS) is 1. The van der Waals surface area contributed by atoms with E-state index in [-0.39, 0.29) is 17.5 Å². The third kappa shape index (κ3) is 5.16. The van der Waals surface area contributed by atoms with Gasteiger partial charge in [-0.3, -0.25) is 19.3 Å². The van der Waals surface area contributed by atoms with Gasteiger partial charge in [-0.25, -0.2) is 4.79 Å². The number of carbonyl (C=O) groups is 4. The average Bonchev–Trinajstić information content (AvgIpc) is 3.00. The highest BCUT2D eigenvalue weighted by Gasteiger charge is 2.44. The molecule has 9 nitrogen and oxygen atoms in total. The van der Waals surface area contributed by atoms with Crippen molar-refractivity contribution in [3.05, 3.63) is 69.9 Å². The van der Waals surface area contributed by atoms with Crippen LogP contribution in [-0.2, 0) is 37.5 Å². The molecule has 1 aliphatic rings. The summed E-state index contributed by atoms with van der Waals surface area (Å²) in [7, 11) is 2.87. The van der Waals surface area contributed by atoms with Gasteiger partial charge in [-0.05, 0) is 36.8 Å². The highest BCUT2D eigenvalue weighted by Crippen LogP contribution is 2.41. The van der Waals surface area contributed by atoms with Crippen molar-refractivity contribution in [3.63, 3.8) is 0 Å². The zero-order valence-electron chi connectivity index (χ0n) is 19.7. The van der Waals surface area contributed by atoms with Crippen LogP contribution in [0.5, 0.6) is 0 Å². The molecule has 1 aliphatic heterocycles. The van der Waals surface area contributed by atoms with Crippen molar-refractivity contribution in [2.24, 2.45) is 0 Å². The van der Waals surface area contributed by atoms with E-state index >= 15 is 0 Å². The predicted octanol–water partition coefficient (Wildman–Crippen LogP) is 3.13. The number of halogens is 4. The first-order valence-corrected chi connectivity index (χ1v) is 10.9. The fourth-order valence-electron chi connectivity index (χ4n) is 3.86. The van der Waals surface area contributed by atoms with Gasteiger partial charge in [0.1, 0.15) is 5.57 Å². The van der Waals surface area contributed by atoms with Crippen molar-refractivity contribution in [2.75, 3.05) is 23.9 Å². The number of rotatable bonds is 7. The molecule has 1 unspecified atom stereocenters. The summed E-state index contributed by atoms with van der Waals surface area (Å²) >= 11 is 5.83. The number of benzene rings is 2. The smallest absolute Gasteiger partial charge is 0.417 e. The van der Waals surface area contributed by atoms with Crippen LogP contribution >= 0.6 is 11.6 Å². The van der Waals surface area contributed by atoms with Gasteiger partial charge in [0.2, 0.25) is 6.41 Å². The minimum absolute atomic E-state index is 0.0102. The number of carboxylic acids is 1. The Kier molecular flexibility index (Phi) is 7.38. The molecule has 1 heterocycles. The monoisotopic (exact) mass is 539 g/mol. The highest BCUT2D eigenvalue weighted by molar-refractivity contribution is 6.32. The first-order valence-electron chi connectivity index (χ1n) is 10.5. The minimum Gasteiger partial charge on any atom is -0.477 e.